The standard InChI is InChI=1S/C13H15ClN4O/c14-11-4-2-1-3-10(11)13-16-12(19-17-13)8-18-6-5-9(15)7-18/h1-4,9H,5-8,15H2/t9-/m1/s1. The van der Waals surface area contributed by atoms with Crippen LogP contribution in [0.4, 0.5) is 0 Å². The van der Waals surface area contributed by atoms with Gasteiger partial charge in [-0.25, -0.2) is 0 Å². The lowest BCUT2D eigenvalue weighted by atomic mass is 10.2. The Kier molecular flexibility index (Phi) is 3.50. The molecule has 0 bridgehead atoms. The van der Waals surface area contributed by atoms with Gasteiger partial charge in [0.2, 0.25) is 11.7 Å². The molecule has 1 aromatic carbocycles. The number of benzene rings is 1. The van der Waals surface area contributed by atoms with Crippen LogP contribution in [-0.4, -0.2) is 34.2 Å². The lowest BCUT2D eigenvalue weighted by Crippen LogP contribution is -2.26. The highest BCUT2D eigenvalue weighted by Gasteiger charge is 2.21. The highest BCUT2D eigenvalue weighted by Crippen LogP contribution is 2.25. The Morgan fingerprint density at radius 2 is 2.26 bits per heavy atom. The van der Waals surface area contributed by atoms with Crippen molar-refractivity contribution in [1.82, 2.24) is 15.0 Å². The van der Waals surface area contributed by atoms with Gasteiger partial charge in [0.25, 0.3) is 0 Å². The van der Waals surface area contributed by atoms with Gasteiger partial charge < -0.3 is 10.3 Å². The summed E-state index contributed by atoms with van der Waals surface area (Å²) in [6.45, 7) is 2.50. The molecule has 1 aliphatic heterocycles. The Balaban J connectivity index is 1.75. The van der Waals surface area contributed by atoms with Crippen molar-refractivity contribution in [2.24, 2.45) is 5.73 Å². The molecular formula is C13H15ClN4O. The van der Waals surface area contributed by atoms with E-state index in [1.165, 1.54) is 0 Å². The second-order valence-corrected chi connectivity index (χ2v) is 5.18. The molecule has 0 saturated carbocycles. The Bertz CT molecular complexity index is 571. The van der Waals surface area contributed by atoms with Crippen LogP contribution in [0.5, 0.6) is 0 Å². The molecule has 100 valence electrons. The Morgan fingerprint density at radius 1 is 1.42 bits per heavy atom. The molecular weight excluding hydrogens is 264 g/mol. The van der Waals surface area contributed by atoms with Crippen LogP contribution in [0.3, 0.4) is 0 Å². The van der Waals surface area contributed by atoms with E-state index in [4.69, 9.17) is 21.9 Å². The van der Waals surface area contributed by atoms with Gasteiger partial charge >= 0.3 is 0 Å². The van der Waals surface area contributed by atoms with Gasteiger partial charge in [-0.15, -0.1) is 0 Å². The molecule has 0 radical (unpaired) electrons. The Morgan fingerprint density at radius 3 is 3.00 bits per heavy atom. The van der Waals surface area contributed by atoms with Crippen molar-refractivity contribution in [3.8, 4) is 11.4 Å². The van der Waals surface area contributed by atoms with Gasteiger partial charge in [-0.2, -0.15) is 4.98 Å². The van der Waals surface area contributed by atoms with E-state index in [1.807, 2.05) is 24.3 Å². The number of rotatable bonds is 3. The number of hydrogen-bond donors (Lipinski definition) is 1. The molecule has 1 atom stereocenters. The molecule has 6 heteroatoms. The van der Waals surface area contributed by atoms with Crippen molar-refractivity contribution in [3.63, 3.8) is 0 Å². The molecule has 1 saturated heterocycles. The van der Waals surface area contributed by atoms with Crippen LogP contribution in [-0.2, 0) is 6.54 Å². The van der Waals surface area contributed by atoms with Crippen LogP contribution < -0.4 is 5.73 Å². The van der Waals surface area contributed by atoms with E-state index in [0.717, 1.165) is 25.1 Å². The lowest BCUT2D eigenvalue weighted by Gasteiger charge is -2.10. The molecule has 5 nitrogen and oxygen atoms in total. The van der Waals surface area contributed by atoms with Crippen molar-refractivity contribution >= 4 is 11.6 Å². The molecule has 0 amide bonds. The quantitative estimate of drug-likeness (QED) is 0.929. The largest absolute Gasteiger partial charge is 0.338 e. The maximum atomic E-state index is 6.11. The average Bonchev–Trinajstić information content (AvgIpc) is 3.00. The van der Waals surface area contributed by atoms with E-state index in [2.05, 4.69) is 15.0 Å². The number of likely N-dealkylation sites (tertiary alicyclic amines) is 1. The summed E-state index contributed by atoms with van der Waals surface area (Å²) in [5.74, 6) is 1.13. The number of halogens is 1. The third-order valence-corrected chi connectivity index (χ3v) is 3.58. The van der Waals surface area contributed by atoms with Crippen LogP contribution in [0.2, 0.25) is 5.02 Å². The van der Waals surface area contributed by atoms with E-state index >= 15 is 0 Å². The van der Waals surface area contributed by atoms with Gasteiger partial charge in [0.1, 0.15) is 0 Å². The normalized spacial score (nSPS) is 20.0. The fraction of sp³-hybridized carbons (Fsp3) is 0.385. The zero-order valence-electron chi connectivity index (χ0n) is 10.4. The first-order chi connectivity index (χ1) is 9.22. The minimum atomic E-state index is 0.256. The number of hydrogen-bond acceptors (Lipinski definition) is 5. The zero-order chi connectivity index (χ0) is 13.2. The summed E-state index contributed by atoms with van der Waals surface area (Å²) in [5, 5.41) is 4.60. The van der Waals surface area contributed by atoms with Crippen molar-refractivity contribution in [3.05, 3.63) is 35.2 Å². The van der Waals surface area contributed by atoms with Gasteiger partial charge in [0.15, 0.2) is 0 Å². The SMILES string of the molecule is N[C@@H]1CCN(Cc2nc(-c3ccccc3Cl)no2)C1. The second-order valence-electron chi connectivity index (χ2n) is 4.78. The molecule has 0 unspecified atom stereocenters. The van der Waals surface area contributed by atoms with Crippen molar-refractivity contribution in [2.75, 3.05) is 13.1 Å². The minimum absolute atomic E-state index is 0.256. The van der Waals surface area contributed by atoms with Gasteiger partial charge in [-0.3, -0.25) is 4.90 Å². The molecule has 1 aliphatic rings. The third-order valence-electron chi connectivity index (χ3n) is 3.25. The predicted molar refractivity (Wildman–Crippen MR) is 72.6 cm³/mol. The van der Waals surface area contributed by atoms with E-state index in [9.17, 15) is 0 Å². The number of nitrogens with two attached hydrogens (primary N) is 1. The summed E-state index contributed by atoms with van der Waals surface area (Å²) in [4.78, 5) is 6.60. The van der Waals surface area contributed by atoms with Gasteiger partial charge in [-0.05, 0) is 18.6 Å². The molecule has 1 fully saturated rings. The highest BCUT2D eigenvalue weighted by atomic mass is 35.5. The monoisotopic (exact) mass is 278 g/mol. The first kappa shape index (κ1) is 12.6. The average molecular weight is 279 g/mol. The summed E-state index contributed by atoms with van der Waals surface area (Å²) in [5.41, 5.74) is 6.66. The van der Waals surface area contributed by atoms with E-state index in [1.54, 1.807) is 0 Å². The number of aromatic nitrogens is 2. The molecule has 3 rings (SSSR count). The zero-order valence-corrected chi connectivity index (χ0v) is 11.2. The first-order valence-corrected chi connectivity index (χ1v) is 6.65. The predicted octanol–water partition coefficient (Wildman–Crippen LogP) is 1.92. The Hall–Kier alpha value is -1.43. The summed E-state index contributed by atoms with van der Waals surface area (Å²) in [6, 6.07) is 7.72. The van der Waals surface area contributed by atoms with Crippen LogP contribution >= 0.6 is 11.6 Å². The van der Waals surface area contributed by atoms with Gasteiger partial charge in [0.05, 0.1) is 11.6 Å². The maximum Gasteiger partial charge on any atom is 0.241 e. The lowest BCUT2D eigenvalue weighted by molar-refractivity contribution is 0.265. The van der Waals surface area contributed by atoms with Crippen molar-refractivity contribution in [2.45, 2.75) is 19.0 Å². The molecule has 0 aliphatic carbocycles. The second kappa shape index (κ2) is 5.28. The fourth-order valence-electron chi connectivity index (χ4n) is 2.27. The molecule has 0 spiro atoms. The molecule has 2 aromatic rings. The van der Waals surface area contributed by atoms with E-state index in [-0.39, 0.29) is 6.04 Å². The van der Waals surface area contributed by atoms with E-state index < -0.39 is 0 Å². The van der Waals surface area contributed by atoms with Crippen molar-refractivity contribution < 1.29 is 4.52 Å². The number of nitrogens with zero attached hydrogens (tertiary/aromatic N) is 3. The molecule has 19 heavy (non-hydrogen) atoms. The summed E-state index contributed by atoms with van der Waals surface area (Å²) >= 11 is 6.11. The summed E-state index contributed by atoms with van der Waals surface area (Å²) in [7, 11) is 0. The van der Waals surface area contributed by atoms with Gasteiger partial charge in [-0.1, -0.05) is 28.9 Å². The Labute approximate surface area is 116 Å². The van der Waals surface area contributed by atoms with Crippen molar-refractivity contribution in [1.29, 1.82) is 0 Å². The van der Waals surface area contributed by atoms with Crippen LogP contribution in [0.1, 0.15) is 12.3 Å². The fourth-order valence-corrected chi connectivity index (χ4v) is 2.49. The maximum absolute atomic E-state index is 6.11. The van der Waals surface area contributed by atoms with Crippen LogP contribution in [0, 0.1) is 0 Å². The molecule has 2 heterocycles. The summed E-state index contributed by atoms with van der Waals surface area (Å²) in [6.07, 6.45) is 1.02. The van der Waals surface area contributed by atoms with Crippen LogP contribution in [0.25, 0.3) is 11.4 Å². The topological polar surface area (TPSA) is 68.2 Å². The smallest absolute Gasteiger partial charge is 0.241 e. The molecule has 1 aromatic heterocycles. The summed E-state index contributed by atoms with van der Waals surface area (Å²) < 4.78 is 5.27. The first-order valence-electron chi connectivity index (χ1n) is 6.28. The molecule has 2 N–H and O–H groups in total. The highest BCUT2D eigenvalue weighted by molar-refractivity contribution is 6.33. The third kappa shape index (κ3) is 2.78. The van der Waals surface area contributed by atoms with Crippen LogP contribution in [0.15, 0.2) is 28.8 Å². The van der Waals surface area contributed by atoms with E-state index in [0.29, 0.717) is 23.3 Å². The minimum Gasteiger partial charge on any atom is -0.338 e. The van der Waals surface area contributed by atoms with Gasteiger partial charge in [0, 0.05) is 24.7 Å².